The van der Waals surface area contributed by atoms with Crippen molar-refractivity contribution >= 4 is 29.2 Å². The van der Waals surface area contributed by atoms with E-state index in [4.69, 9.17) is 5.73 Å². The second-order valence-corrected chi connectivity index (χ2v) is 14.9. The van der Waals surface area contributed by atoms with Crippen LogP contribution in [0.2, 0.25) is 0 Å². The lowest BCUT2D eigenvalue weighted by Crippen LogP contribution is -2.51. The van der Waals surface area contributed by atoms with E-state index in [0.29, 0.717) is 25.3 Å². The maximum absolute atomic E-state index is 14.0. The van der Waals surface area contributed by atoms with E-state index in [1.54, 1.807) is 4.90 Å². The Kier molecular flexibility index (Phi) is 8.18. The Labute approximate surface area is 222 Å². The summed E-state index contributed by atoms with van der Waals surface area (Å²) in [6, 6.07) is -0.625. The van der Waals surface area contributed by atoms with Crippen LogP contribution in [0.1, 0.15) is 100 Å². The summed E-state index contributed by atoms with van der Waals surface area (Å²) in [6.45, 7) is 16.7. The van der Waals surface area contributed by atoms with E-state index in [-0.39, 0.29) is 53.0 Å². The molecule has 0 aromatic heterocycles. The van der Waals surface area contributed by atoms with Gasteiger partial charge in [0.1, 0.15) is 5.78 Å². The Bertz CT molecular complexity index is 950. The molecule has 3 fully saturated rings. The van der Waals surface area contributed by atoms with Gasteiger partial charge < -0.3 is 10.6 Å². The number of nitrogens with zero attached hydrogens (tertiary/aromatic N) is 1. The molecule has 3 rings (SSSR count). The van der Waals surface area contributed by atoms with Crippen molar-refractivity contribution in [1.82, 2.24) is 4.90 Å². The standard InChI is InChI=1S/C30H48N2O5/c1-28(2,3)15-19(33)14-20(29(4,5)6)27(37)32-16-21-23(30(21,7)8)24(32)22(34)13-18(25(35)26(31)36)12-17-10-9-11-17/h17-18,20-21,23-24H,9-16H2,1-8H3,(H2,31,36)/t18?,20-,21+,23+,24-/m1/s1. The van der Waals surface area contributed by atoms with Crippen molar-refractivity contribution in [1.29, 1.82) is 0 Å². The minimum absolute atomic E-state index is 0.0304. The first kappa shape index (κ1) is 29.5. The molecular weight excluding hydrogens is 468 g/mol. The Hall–Kier alpha value is -2.05. The van der Waals surface area contributed by atoms with Crippen molar-refractivity contribution < 1.29 is 24.0 Å². The van der Waals surface area contributed by atoms with Gasteiger partial charge >= 0.3 is 0 Å². The Morgan fingerprint density at radius 1 is 0.973 bits per heavy atom. The Balaban J connectivity index is 1.83. The first-order valence-electron chi connectivity index (χ1n) is 14.0. The molecular formula is C30H48N2O5. The number of piperidine rings is 1. The highest BCUT2D eigenvalue weighted by atomic mass is 16.2. The summed E-state index contributed by atoms with van der Waals surface area (Å²) in [7, 11) is 0. The van der Waals surface area contributed by atoms with Crippen LogP contribution in [0.25, 0.3) is 0 Å². The molecule has 0 spiro atoms. The lowest BCUT2D eigenvalue weighted by Gasteiger charge is -2.38. The van der Waals surface area contributed by atoms with Crippen LogP contribution in [0.4, 0.5) is 0 Å². The normalized spacial score (nSPS) is 26.6. The number of rotatable bonds is 11. The number of fused-ring (bicyclic) bond motifs is 1. The fourth-order valence-electron chi connectivity index (χ4n) is 6.72. The van der Waals surface area contributed by atoms with Gasteiger partial charge in [0, 0.05) is 37.6 Å². The lowest BCUT2D eigenvalue weighted by molar-refractivity contribution is -0.148. The van der Waals surface area contributed by atoms with Gasteiger partial charge in [-0.1, -0.05) is 74.7 Å². The quantitative estimate of drug-likeness (QED) is 0.410. The van der Waals surface area contributed by atoms with Crippen molar-refractivity contribution in [2.24, 2.45) is 51.6 Å². The molecule has 5 atom stereocenters. The van der Waals surface area contributed by atoms with Crippen LogP contribution in [-0.4, -0.2) is 46.7 Å². The smallest absolute Gasteiger partial charge is 0.285 e. The van der Waals surface area contributed by atoms with E-state index < -0.39 is 35.0 Å². The van der Waals surface area contributed by atoms with Crippen molar-refractivity contribution in [3.05, 3.63) is 0 Å². The number of primary amides is 1. The molecule has 37 heavy (non-hydrogen) atoms. The third-order valence-electron chi connectivity index (χ3n) is 9.23. The van der Waals surface area contributed by atoms with Crippen LogP contribution in [0.15, 0.2) is 0 Å². The van der Waals surface area contributed by atoms with Crippen LogP contribution in [0.5, 0.6) is 0 Å². The molecule has 7 heteroatoms. The van der Waals surface area contributed by atoms with E-state index in [2.05, 4.69) is 13.8 Å². The molecule has 2 saturated carbocycles. The summed E-state index contributed by atoms with van der Waals surface area (Å²) >= 11 is 0. The summed E-state index contributed by atoms with van der Waals surface area (Å²) in [6.07, 6.45) is 4.08. The second kappa shape index (κ2) is 10.3. The molecule has 7 nitrogen and oxygen atoms in total. The molecule has 208 valence electrons. The maximum atomic E-state index is 14.0. The number of hydrogen-bond acceptors (Lipinski definition) is 5. The number of carbonyl (C=O) groups excluding carboxylic acids is 5. The molecule has 1 saturated heterocycles. The molecule has 3 aliphatic rings. The Morgan fingerprint density at radius 3 is 2.03 bits per heavy atom. The highest BCUT2D eigenvalue weighted by molar-refractivity contribution is 6.36. The summed E-state index contributed by atoms with van der Waals surface area (Å²) in [5.74, 6) is -2.58. The highest BCUT2D eigenvalue weighted by Crippen LogP contribution is 2.65. The largest absolute Gasteiger partial charge is 0.363 e. The van der Waals surface area contributed by atoms with E-state index in [9.17, 15) is 24.0 Å². The van der Waals surface area contributed by atoms with Gasteiger partial charge in [-0.25, -0.2) is 0 Å². The number of ketones is 3. The monoisotopic (exact) mass is 516 g/mol. The number of Topliss-reactive ketones (excluding diaryl/α,β-unsaturated/α-hetero) is 3. The third-order valence-corrected chi connectivity index (χ3v) is 9.23. The first-order valence-corrected chi connectivity index (χ1v) is 14.0. The zero-order valence-corrected chi connectivity index (χ0v) is 24.2. The molecule has 0 aromatic carbocycles. The van der Waals surface area contributed by atoms with Crippen molar-refractivity contribution in [2.45, 2.75) is 106 Å². The maximum Gasteiger partial charge on any atom is 0.285 e. The summed E-state index contributed by atoms with van der Waals surface area (Å²) in [5.41, 5.74) is 4.66. The van der Waals surface area contributed by atoms with Gasteiger partial charge in [0.05, 0.1) is 6.04 Å². The summed E-state index contributed by atoms with van der Waals surface area (Å²) in [5, 5.41) is 0. The molecule has 2 aliphatic carbocycles. The van der Waals surface area contributed by atoms with Crippen LogP contribution in [0.3, 0.4) is 0 Å². The van der Waals surface area contributed by atoms with E-state index in [1.165, 1.54) is 0 Å². The predicted octanol–water partition coefficient (Wildman–Crippen LogP) is 4.35. The number of hydrogen-bond donors (Lipinski definition) is 1. The van der Waals surface area contributed by atoms with Gasteiger partial charge in [0.2, 0.25) is 11.7 Å². The summed E-state index contributed by atoms with van der Waals surface area (Å²) < 4.78 is 0. The van der Waals surface area contributed by atoms with Gasteiger partial charge in [-0.2, -0.15) is 0 Å². The van der Waals surface area contributed by atoms with Gasteiger partial charge in [0.15, 0.2) is 5.78 Å². The molecule has 1 unspecified atom stereocenters. The van der Waals surface area contributed by atoms with Crippen molar-refractivity contribution in [3.8, 4) is 0 Å². The number of nitrogens with two attached hydrogens (primary N) is 1. The van der Waals surface area contributed by atoms with Gasteiger partial charge in [0.25, 0.3) is 5.91 Å². The number of likely N-dealkylation sites (tertiary alicyclic amines) is 1. The SMILES string of the molecule is CC(C)(C)CC(=O)C[C@H](C(=O)N1C[C@H]2[C@@H]([C@H]1C(=O)CC(CC1CCC1)C(=O)C(N)=O)C2(C)C)C(C)(C)C. The fraction of sp³-hybridized carbons (Fsp3) is 0.833. The predicted molar refractivity (Wildman–Crippen MR) is 142 cm³/mol. The molecule has 1 heterocycles. The zero-order valence-electron chi connectivity index (χ0n) is 24.2. The molecule has 0 radical (unpaired) electrons. The second-order valence-electron chi connectivity index (χ2n) is 14.9. The third kappa shape index (κ3) is 6.51. The van der Waals surface area contributed by atoms with Crippen LogP contribution >= 0.6 is 0 Å². The zero-order chi connectivity index (χ0) is 28.1. The highest BCUT2D eigenvalue weighted by Gasteiger charge is 2.69. The molecule has 0 bridgehead atoms. The molecule has 2 N–H and O–H groups in total. The minimum atomic E-state index is -0.994. The van der Waals surface area contributed by atoms with E-state index in [1.807, 2.05) is 41.5 Å². The van der Waals surface area contributed by atoms with Crippen molar-refractivity contribution in [3.63, 3.8) is 0 Å². The van der Waals surface area contributed by atoms with Gasteiger partial charge in [-0.15, -0.1) is 0 Å². The van der Waals surface area contributed by atoms with Crippen LogP contribution < -0.4 is 5.73 Å². The lowest BCUT2D eigenvalue weighted by atomic mass is 9.74. The van der Waals surface area contributed by atoms with E-state index >= 15 is 0 Å². The number of amides is 2. The average Bonchev–Trinajstić information content (AvgIpc) is 3.06. The number of carbonyl (C=O) groups is 5. The van der Waals surface area contributed by atoms with Crippen molar-refractivity contribution in [2.75, 3.05) is 6.54 Å². The first-order chi connectivity index (χ1) is 16.8. The topological polar surface area (TPSA) is 115 Å². The average molecular weight is 517 g/mol. The molecule has 1 aliphatic heterocycles. The Morgan fingerprint density at radius 2 is 1.57 bits per heavy atom. The van der Waals surface area contributed by atoms with E-state index in [0.717, 1.165) is 19.3 Å². The van der Waals surface area contributed by atoms with Crippen LogP contribution in [-0.2, 0) is 24.0 Å². The minimum Gasteiger partial charge on any atom is -0.363 e. The molecule has 2 amide bonds. The fourth-order valence-corrected chi connectivity index (χ4v) is 6.72. The van der Waals surface area contributed by atoms with Gasteiger partial charge in [-0.05, 0) is 40.4 Å². The molecule has 0 aromatic rings. The summed E-state index contributed by atoms with van der Waals surface area (Å²) in [4.78, 5) is 66.9. The van der Waals surface area contributed by atoms with Gasteiger partial charge in [-0.3, -0.25) is 24.0 Å². The van der Waals surface area contributed by atoms with Crippen LogP contribution in [0, 0.1) is 45.8 Å².